The Morgan fingerprint density at radius 1 is 1.18 bits per heavy atom. The van der Waals surface area contributed by atoms with E-state index >= 15 is 0 Å². The molecule has 0 aliphatic rings. The van der Waals surface area contributed by atoms with Crippen LogP contribution in [0.3, 0.4) is 0 Å². The van der Waals surface area contributed by atoms with Gasteiger partial charge in [-0.05, 0) is 14.1 Å². The Bertz CT molecular complexity index is 162. The van der Waals surface area contributed by atoms with Crippen LogP contribution in [-0.4, -0.2) is 63.0 Å². The van der Waals surface area contributed by atoms with Gasteiger partial charge in [0.25, 0.3) is 0 Å². The summed E-state index contributed by atoms with van der Waals surface area (Å²) in [5.74, 6) is 0. The fourth-order valence-corrected chi connectivity index (χ4v) is 1.45. The molecule has 0 radical (unpaired) electrons. The summed E-state index contributed by atoms with van der Waals surface area (Å²) in [7, 11) is 3.75. The molecule has 1 aromatic rings. The zero-order valence-corrected chi connectivity index (χ0v) is 10.7. The summed E-state index contributed by atoms with van der Waals surface area (Å²) >= 11 is 0.967. The molecule has 0 aliphatic carbocycles. The van der Waals surface area contributed by atoms with Gasteiger partial charge in [0, 0.05) is 0 Å². The first-order valence-corrected chi connectivity index (χ1v) is 6.18. The second-order valence-corrected chi connectivity index (χ2v) is 3.44. The molecule has 11 heavy (non-hydrogen) atoms. The van der Waals surface area contributed by atoms with Crippen molar-refractivity contribution in [3.63, 3.8) is 0 Å². The molecule has 0 saturated carbocycles. The Labute approximate surface area is 103 Å². The molecule has 0 fully saturated rings. The summed E-state index contributed by atoms with van der Waals surface area (Å²) in [4.78, 5) is 0. The van der Waals surface area contributed by atoms with Crippen LogP contribution in [0.15, 0.2) is 30.3 Å². The maximum absolute atomic E-state index is 2.75. The normalized spacial score (nSPS) is 8.36. The van der Waals surface area contributed by atoms with Crippen molar-refractivity contribution in [2.45, 2.75) is 0.515 Å². The van der Waals surface area contributed by atoms with Crippen molar-refractivity contribution in [2.75, 3.05) is 14.1 Å². The third kappa shape index (κ3) is 7.19. The summed E-state index contributed by atoms with van der Waals surface area (Å²) in [6.07, 6.45) is 0. The standard InChI is InChI=1S/C7H7.C2H7N.K/c1-7-5-3-2-4-6-7;1-3-2;/h2-6H,1H2;3H,1-2H3;. The molecule has 0 spiro atoms. The average molecular weight is 175 g/mol. The predicted octanol–water partition coefficient (Wildman–Crippen LogP) is 1.19. The van der Waals surface area contributed by atoms with Crippen molar-refractivity contribution in [3.8, 4) is 0 Å². The summed E-state index contributed by atoms with van der Waals surface area (Å²) < 4.78 is 1.33. The van der Waals surface area contributed by atoms with Gasteiger partial charge in [0.15, 0.2) is 0 Å². The summed E-state index contributed by atoms with van der Waals surface area (Å²) in [6, 6.07) is 10.6. The van der Waals surface area contributed by atoms with Crippen LogP contribution in [0.25, 0.3) is 0 Å². The fraction of sp³-hybridized carbons (Fsp3) is 0.333. The Hall–Kier alpha value is 0.816. The molecule has 1 rings (SSSR count). The molecule has 0 atom stereocenters. The Kier molecular flexibility index (Phi) is 9.57. The molecular formula is C9H14KN. The second-order valence-electron chi connectivity index (χ2n) is 2.34. The van der Waals surface area contributed by atoms with E-state index in [1.165, 1.54) is 6.08 Å². The van der Waals surface area contributed by atoms with Crippen LogP contribution in [0.4, 0.5) is 0 Å². The second kappa shape index (κ2) is 8.91. The van der Waals surface area contributed by atoms with Crippen LogP contribution in [0.2, 0.25) is 0 Å². The third-order valence-electron chi connectivity index (χ3n) is 1.25. The van der Waals surface area contributed by atoms with E-state index in [4.69, 9.17) is 0 Å². The van der Waals surface area contributed by atoms with Gasteiger partial charge in [-0.15, -0.1) is 0 Å². The van der Waals surface area contributed by atoms with Gasteiger partial charge in [-0.1, -0.05) is 0 Å². The van der Waals surface area contributed by atoms with Crippen LogP contribution in [0.5, 0.6) is 0 Å². The molecular weight excluding hydrogens is 161 g/mol. The number of hydrogen-bond donors (Lipinski definition) is 1. The van der Waals surface area contributed by atoms with Crippen molar-refractivity contribution in [1.82, 2.24) is 5.32 Å². The number of benzene rings is 1. The zero-order valence-electron chi connectivity index (χ0n) is 7.59. The van der Waals surface area contributed by atoms with E-state index in [1.54, 1.807) is 0 Å². The minimum absolute atomic E-state index is 0.967. The molecule has 0 aromatic heterocycles. The molecule has 0 bridgehead atoms. The third-order valence-corrected chi connectivity index (χ3v) is 2.53. The van der Waals surface area contributed by atoms with E-state index in [0.717, 1.165) is 49.0 Å². The molecule has 1 aromatic carbocycles. The molecule has 0 unspecified atom stereocenters. The summed E-state index contributed by atoms with van der Waals surface area (Å²) in [5.41, 5.74) is 1.49. The van der Waals surface area contributed by atoms with Gasteiger partial charge >= 0.3 is 85.4 Å². The first-order chi connectivity index (χ1) is 5.35. The predicted molar refractivity (Wildman–Crippen MR) is 50.9 cm³/mol. The molecule has 0 heterocycles. The minimum atomic E-state index is 0.967. The quantitative estimate of drug-likeness (QED) is 0.632. The SMILES string of the molecule is CNC.[K][CH2]c1ccccc1. The van der Waals surface area contributed by atoms with Crippen molar-refractivity contribution < 1.29 is 0 Å². The van der Waals surface area contributed by atoms with Crippen molar-refractivity contribution in [1.29, 1.82) is 0 Å². The Morgan fingerprint density at radius 3 is 1.91 bits per heavy atom. The first-order valence-electron chi connectivity index (χ1n) is 3.97. The average Bonchev–Trinajstić information content (AvgIpc) is 2.08. The van der Waals surface area contributed by atoms with Gasteiger partial charge in [0.05, 0.1) is 0 Å². The topological polar surface area (TPSA) is 12.0 Å². The van der Waals surface area contributed by atoms with Gasteiger partial charge in [0.2, 0.25) is 0 Å². The van der Waals surface area contributed by atoms with Crippen molar-refractivity contribution in [2.24, 2.45) is 0 Å². The first kappa shape index (κ1) is 11.8. The molecule has 56 valence electrons. The van der Waals surface area contributed by atoms with Gasteiger partial charge in [-0.3, -0.25) is 0 Å². The molecule has 0 aliphatic heterocycles. The van der Waals surface area contributed by atoms with Crippen molar-refractivity contribution >= 4 is 49.0 Å². The number of nitrogens with one attached hydrogen (secondary N) is 1. The van der Waals surface area contributed by atoms with E-state index in [0.29, 0.717) is 0 Å². The molecule has 0 saturated heterocycles. The molecule has 1 N–H and O–H groups in total. The van der Waals surface area contributed by atoms with Gasteiger partial charge in [0.1, 0.15) is 0 Å². The fourth-order valence-electron chi connectivity index (χ4n) is 0.714. The monoisotopic (exact) mass is 175 g/mol. The van der Waals surface area contributed by atoms with Gasteiger partial charge in [-0.2, -0.15) is 0 Å². The van der Waals surface area contributed by atoms with Crippen LogP contribution in [-0.2, 0) is 0.515 Å². The molecule has 2 heteroatoms. The van der Waals surface area contributed by atoms with E-state index in [9.17, 15) is 0 Å². The number of rotatable bonds is 1. The Balaban J connectivity index is 0.000000292. The van der Waals surface area contributed by atoms with Crippen LogP contribution in [0.1, 0.15) is 5.56 Å². The van der Waals surface area contributed by atoms with Crippen LogP contribution in [0, 0.1) is 0 Å². The van der Waals surface area contributed by atoms with E-state index in [1.807, 2.05) is 14.1 Å². The Morgan fingerprint density at radius 2 is 1.64 bits per heavy atom. The molecule has 0 amide bonds. The van der Waals surface area contributed by atoms with E-state index in [2.05, 4.69) is 35.6 Å². The van der Waals surface area contributed by atoms with Crippen LogP contribution >= 0.6 is 0 Å². The van der Waals surface area contributed by atoms with Gasteiger partial charge < -0.3 is 5.32 Å². The summed E-state index contributed by atoms with van der Waals surface area (Å²) in [5, 5.41) is 2.75. The van der Waals surface area contributed by atoms with E-state index < -0.39 is 0 Å². The van der Waals surface area contributed by atoms with Gasteiger partial charge in [-0.25, -0.2) is 0 Å². The zero-order chi connectivity index (χ0) is 8.53. The maximum atomic E-state index is 2.75. The van der Waals surface area contributed by atoms with Crippen molar-refractivity contribution in [3.05, 3.63) is 35.9 Å². The van der Waals surface area contributed by atoms with E-state index in [-0.39, 0.29) is 0 Å². The summed E-state index contributed by atoms with van der Waals surface area (Å²) in [6.45, 7) is 0. The van der Waals surface area contributed by atoms with Crippen LogP contribution < -0.4 is 5.32 Å². The molecule has 1 nitrogen and oxygen atoms in total. The number of hydrogen-bond acceptors (Lipinski definition) is 1.